The Balaban J connectivity index is 1.71. The van der Waals surface area contributed by atoms with Crippen LogP contribution >= 0.6 is 11.8 Å². The molecule has 0 N–H and O–H groups in total. The molecule has 2 saturated carbocycles. The molecule has 2 aliphatic carbocycles. The van der Waals surface area contributed by atoms with Crippen LogP contribution in [0.4, 0.5) is 4.39 Å². The van der Waals surface area contributed by atoms with Crippen LogP contribution in [-0.2, 0) is 19.1 Å². The van der Waals surface area contributed by atoms with Crippen LogP contribution in [0.25, 0.3) is 0 Å². The molecule has 0 radical (unpaired) electrons. The summed E-state index contributed by atoms with van der Waals surface area (Å²) < 4.78 is 25.2. The highest BCUT2D eigenvalue weighted by Crippen LogP contribution is 2.64. The van der Waals surface area contributed by atoms with Crippen molar-refractivity contribution in [2.75, 3.05) is 5.75 Å². The number of aryl methyl sites for hydroxylation is 1. The van der Waals surface area contributed by atoms with E-state index in [0.717, 1.165) is 11.3 Å². The van der Waals surface area contributed by atoms with E-state index in [1.165, 1.54) is 0 Å². The van der Waals surface area contributed by atoms with Crippen LogP contribution in [-0.4, -0.2) is 28.9 Å². The van der Waals surface area contributed by atoms with E-state index >= 15 is 0 Å². The fourth-order valence-corrected chi connectivity index (χ4v) is 5.56. The van der Waals surface area contributed by atoms with E-state index in [-0.39, 0.29) is 47.3 Å². The Bertz CT molecular complexity index is 823. The molecule has 4 nitrogen and oxygen atoms in total. The number of halogens is 1. The van der Waals surface area contributed by atoms with Crippen LogP contribution in [0.15, 0.2) is 23.1 Å². The second-order valence-electron chi connectivity index (χ2n) is 10.6. The maximum atomic E-state index is 13.9. The van der Waals surface area contributed by atoms with Crippen LogP contribution in [0.1, 0.15) is 53.5 Å². The van der Waals surface area contributed by atoms with Gasteiger partial charge in [-0.25, -0.2) is 4.39 Å². The van der Waals surface area contributed by atoms with Crippen molar-refractivity contribution in [3.05, 3.63) is 29.6 Å². The average molecular weight is 437 g/mol. The molecule has 0 spiro atoms. The summed E-state index contributed by atoms with van der Waals surface area (Å²) in [6.45, 7) is 12.9. The number of rotatable bonds is 5. The van der Waals surface area contributed by atoms with Gasteiger partial charge in [0, 0.05) is 10.6 Å². The maximum absolute atomic E-state index is 13.9. The van der Waals surface area contributed by atoms with Gasteiger partial charge in [0.1, 0.15) is 17.0 Å². The van der Waals surface area contributed by atoms with Crippen molar-refractivity contribution < 1.29 is 23.5 Å². The van der Waals surface area contributed by atoms with Crippen molar-refractivity contribution in [1.29, 1.82) is 0 Å². The summed E-state index contributed by atoms with van der Waals surface area (Å²) in [4.78, 5) is 26.5. The van der Waals surface area contributed by atoms with Crippen LogP contribution in [0, 0.1) is 42.3 Å². The third kappa shape index (κ3) is 5.37. The molecule has 1 aromatic carbocycles. The van der Waals surface area contributed by atoms with E-state index in [2.05, 4.69) is 0 Å². The normalized spacial score (nSPS) is 28.1. The van der Waals surface area contributed by atoms with Gasteiger partial charge in [0.15, 0.2) is 0 Å². The minimum absolute atomic E-state index is 0.0185. The Hall–Kier alpha value is -1.56. The van der Waals surface area contributed by atoms with E-state index in [9.17, 15) is 14.0 Å². The Morgan fingerprint density at radius 2 is 1.60 bits per heavy atom. The number of carbonyl (C=O) groups excluding carboxylic acids is 2. The van der Waals surface area contributed by atoms with Gasteiger partial charge in [-0.05, 0) is 90.3 Å². The van der Waals surface area contributed by atoms with Gasteiger partial charge >= 0.3 is 11.9 Å². The maximum Gasteiger partial charge on any atom is 0.310 e. The molecule has 2 aliphatic rings. The summed E-state index contributed by atoms with van der Waals surface area (Å²) in [7, 11) is 0. The first-order valence-corrected chi connectivity index (χ1v) is 11.6. The van der Waals surface area contributed by atoms with E-state index in [1.54, 1.807) is 30.8 Å². The second kappa shape index (κ2) is 8.18. The summed E-state index contributed by atoms with van der Waals surface area (Å²) in [6, 6.07) is 5.22. The van der Waals surface area contributed by atoms with Gasteiger partial charge < -0.3 is 9.47 Å². The third-order valence-electron chi connectivity index (χ3n) is 5.69. The number of esters is 2. The number of benzene rings is 1. The monoisotopic (exact) mass is 436 g/mol. The molecule has 0 aliphatic heterocycles. The lowest BCUT2D eigenvalue weighted by molar-refractivity contribution is -0.163. The highest BCUT2D eigenvalue weighted by Gasteiger charge is 2.67. The standard InChI is InChI=1S/C24H33FO4S/c1-13-8-9-15(11-17(13)25)30-12-14-10-16-19(18(14)21(26)28-23(2,3)4)20(16)22(27)29-24(5,6)7/h8-9,11,14,16,18-20H,10,12H2,1-7H3. The van der Waals surface area contributed by atoms with Crippen molar-refractivity contribution in [2.45, 2.75) is 71.0 Å². The second-order valence-corrected chi connectivity index (χ2v) is 11.7. The summed E-state index contributed by atoms with van der Waals surface area (Å²) in [5.74, 6) is -0.270. The molecule has 1 aromatic rings. The molecule has 3 rings (SSSR count). The van der Waals surface area contributed by atoms with Crippen LogP contribution < -0.4 is 0 Å². The molecule has 5 unspecified atom stereocenters. The van der Waals surface area contributed by atoms with Gasteiger partial charge in [0.05, 0.1) is 11.8 Å². The predicted molar refractivity (Wildman–Crippen MR) is 116 cm³/mol. The quantitative estimate of drug-likeness (QED) is 0.456. The summed E-state index contributed by atoms with van der Waals surface area (Å²) >= 11 is 1.56. The Kier molecular flexibility index (Phi) is 6.30. The van der Waals surface area contributed by atoms with E-state index in [4.69, 9.17) is 9.47 Å². The largest absolute Gasteiger partial charge is 0.460 e. The molecule has 6 heteroatoms. The molecular weight excluding hydrogens is 403 g/mol. The zero-order valence-corrected chi connectivity index (χ0v) is 19.8. The van der Waals surface area contributed by atoms with Crippen molar-refractivity contribution in [3.8, 4) is 0 Å². The molecule has 0 bridgehead atoms. The van der Waals surface area contributed by atoms with Gasteiger partial charge in [-0.15, -0.1) is 11.8 Å². The molecule has 0 amide bonds. The fourth-order valence-electron chi connectivity index (χ4n) is 4.46. The SMILES string of the molecule is Cc1ccc(SCC2CC3C(C(=O)OC(C)(C)C)C3C2C(=O)OC(C)(C)C)cc1F. The zero-order valence-electron chi connectivity index (χ0n) is 19.0. The average Bonchev–Trinajstić information content (AvgIpc) is 3.14. The Labute approximate surface area is 183 Å². The van der Waals surface area contributed by atoms with Gasteiger partial charge in [0.25, 0.3) is 0 Å². The first kappa shape index (κ1) is 23.1. The molecule has 0 aromatic heterocycles. The number of hydrogen-bond donors (Lipinski definition) is 0. The van der Waals surface area contributed by atoms with Crippen molar-refractivity contribution in [3.63, 3.8) is 0 Å². The van der Waals surface area contributed by atoms with Crippen LogP contribution in [0.3, 0.4) is 0 Å². The Morgan fingerprint density at radius 3 is 2.13 bits per heavy atom. The Morgan fingerprint density at radius 1 is 1.03 bits per heavy atom. The van der Waals surface area contributed by atoms with E-state index < -0.39 is 11.2 Å². The summed E-state index contributed by atoms with van der Waals surface area (Å²) in [6.07, 6.45) is 0.791. The van der Waals surface area contributed by atoms with Gasteiger partial charge in [0.2, 0.25) is 0 Å². The predicted octanol–water partition coefficient (Wildman–Crippen LogP) is 5.41. The van der Waals surface area contributed by atoms with E-state index in [0.29, 0.717) is 11.3 Å². The number of hydrogen-bond acceptors (Lipinski definition) is 5. The van der Waals surface area contributed by atoms with Gasteiger partial charge in [-0.3, -0.25) is 9.59 Å². The molecular formula is C24H33FO4S. The van der Waals surface area contributed by atoms with Gasteiger partial charge in [-0.1, -0.05) is 6.07 Å². The lowest BCUT2D eigenvalue weighted by Crippen LogP contribution is -2.35. The summed E-state index contributed by atoms with van der Waals surface area (Å²) in [5.41, 5.74) is -0.503. The first-order valence-electron chi connectivity index (χ1n) is 10.6. The number of thioether (sulfide) groups is 1. The minimum atomic E-state index is -0.580. The molecule has 0 saturated heterocycles. The number of fused-ring (bicyclic) bond motifs is 1. The number of carbonyl (C=O) groups is 2. The lowest BCUT2D eigenvalue weighted by atomic mass is 9.89. The topological polar surface area (TPSA) is 52.6 Å². The van der Waals surface area contributed by atoms with Gasteiger partial charge in [-0.2, -0.15) is 0 Å². The lowest BCUT2D eigenvalue weighted by Gasteiger charge is -2.28. The van der Waals surface area contributed by atoms with Crippen LogP contribution in [0.5, 0.6) is 0 Å². The first-order chi connectivity index (χ1) is 13.8. The van der Waals surface area contributed by atoms with Crippen LogP contribution in [0.2, 0.25) is 0 Å². The molecule has 5 atom stereocenters. The zero-order chi connectivity index (χ0) is 22.4. The molecule has 2 fully saturated rings. The fraction of sp³-hybridized carbons (Fsp3) is 0.667. The molecule has 30 heavy (non-hydrogen) atoms. The highest BCUT2D eigenvalue weighted by molar-refractivity contribution is 7.99. The minimum Gasteiger partial charge on any atom is -0.460 e. The van der Waals surface area contributed by atoms with Crippen molar-refractivity contribution in [1.82, 2.24) is 0 Å². The van der Waals surface area contributed by atoms with Crippen molar-refractivity contribution >= 4 is 23.7 Å². The highest BCUT2D eigenvalue weighted by atomic mass is 32.2. The third-order valence-corrected chi connectivity index (χ3v) is 6.87. The molecule has 166 valence electrons. The van der Waals surface area contributed by atoms with Crippen molar-refractivity contribution in [2.24, 2.45) is 29.6 Å². The van der Waals surface area contributed by atoms with E-state index in [1.807, 2.05) is 47.6 Å². The molecule has 0 heterocycles. The summed E-state index contributed by atoms with van der Waals surface area (Å²) in [5, 5.41) is 0. The number of ether oxygens (including phenoxy) is 2. The smallest absolute Gasteiger partial charge is 0.310 e.